The highest BCUT2D eigenvalue weighted by atomic mass is 32.2. The molecule has 150 valence electrons. The number of aromatic hydroxyl groups is 2. The van der Waals surface area contributed by atoms with E-state index in [1.807, 2.05) is 43.3 Å². The van der Waals surface area contributed by atoms with Gasteiger partial charge in [-0.2, -0.15) is 5.10 Å². The van der Waals surface area contributed by atoms with Crippen molar-refractivity contribution in [1.29, 1.82) is 0 Å². The Balaban J connectivity index is 1.53. The van der Waals surface area contributed by atoms with Crippen molar-refractivity contribution in [3.63, 3.8) is 0 Å². The van der Waals surface area contributed by atoms with Crippen molar-refractivity contribution in [1.82, 2.24) is 10.4 Å². The van der Waals surface area contributed by atoms with E-state index in [1.54, 1.807) is 0 Å². The lowest BCUT2D eigenvalue weighted by molar-refractivity contribution is -0.118. The maximum absolute atomic E-state index is 12.3. The van der Waals surface area contributed by atoms with E-state index in [0.29, 0.717) is 5.56 Å². The lowest BCUT2D eigenvalue weighted by Crippen LogP contribution is -2.19. The van der Waals surface area contributed by atoms with Crippen molar-refractivity contribution in [3.8, 4) is 11.5 Å². The lowest BCUT2D eigenvalue weighted by atomic mass is 10.1. The second-order valence-electron chi connectivity index (χ2n) is 6.80. The third-order valence-corrected chi connectivity index (χ3v) is 5.68. The fourth-order valence-electron chi connectivity index (χ4n) is 3.11. The first-order chi connectivity index (χ1) is 14.5. The average molecular weight is 417 g/mol. The first-order valence-electron chi connectivity index (χ1n) is 9.27. The predicted octanol–water partition coefficient (Wildman–Crippen LogP) is 4.35. The highest BCUT2D eigenvalue weighted by Crippen LogP contribution is 2.34. The van der Waals surface area contributed by atoms with E-state index < -0.39 is 0 Å². The quantitative estimate of drug-likeness (QED) is 0.194. The molecule has 7 heteroatoms. The summed E-state index contributed by atoms with van der Waals surface area (Å²) < 4.78 is 0. The molecule has 30 heavy (non-hydrogen) atoms. The normalized spacial score (nSPS) is 11.4. The number of nitrogens with zero attached hydrogens (tertiary/aromatic N) is 2. The van der Waals surface area contributed by atoms with Gasteiger partial charge in [-0.05, 0) is 37.3 Å². The third-order valence-electron chi connectivity index (χ3n) is 4.54. The molecular formula is C23H19N3O3S. The summed E-state index contributed by atoms with van der Waals surface area (Å²) in [6.07, 6.45) is 1.33. The van der Waals surface area contributed by atoms with E-state index in [2.05, 4.69) is 16.6 Å². The zero-order chi connectivity index (χ0) is 21.1. The molecule has 0 radical (unpaired) electrons. The Morgan fingerprint density at radius 3 is 2.70 bits per heavy atom. The minimum absolute atomic E-state index is 0.0443. The van der Waals surface area contributed by atoms with Gasteiger partial charge in [0.05, 0.1) is 23.0 Å². The van der Waals surface area contributed by atoms with Crippen LogP contribution in [0.4, 0.5) is 0 Å². The summed E-state index contributed by atoms with van der Waals surface area (Å²) in [5.74, 6) is -0.253. The summed E-state index contributed by atoms with van der Waals surface area (Å²) in [4.78, 5) is 18.1. The van der Waals surface area contributed by atoms with Gasteiger partial charge in [-0.15, -0.1) is 11.8 Å². The van der Waals surface area contributed by atoms with E-state index in [0.717, 1.165) is 32.3 Å². The van der Waals surface area contributed by atoms with Crippen molar-refractivity contribution in [3.05, 3.63) is 71.8 Å². The Labute approximate surface area is 177 Å². The molecule has 0 aliphatic carbocycles. The van der Waals surface area contributed by atoms with Gasteiger partial charge in [0.2, 0.25) is 5.91 Å². The number of para-hydroxylation sites is 1. The molecule has 3 N–H and O–H groups in total. The maximum atomic E-state index is 12.3. The highest BCUT2D eigenvalue weighted by Gasteiger charge is 2.12. The van der Waals surface area contributed by atoms with E-state index in [4.69, 9.17) is 4.98 Å². The van der Waals surface area contributed by atoms with Crippen LogP contribution in [0.15, 0.2) is 70.7 Å². The van der Waals surface area contributed by atoms with Crippen molar-refractivity contribution in [2.45, 2.75) is 11.8 Å². The number of thioether (sulfide) groups is 1. The van der Waals surface area contributed by atoms with E-state index in [9.17, 15) is 15.0 Å². The monoisotopic (exact) mass is 417 g/mol. The number of nitrogens with one attached hydrogen (secondary N) is 1. The van der Waals surface area contributed by atoms with E-state index in [-0.39, 0.29) is 23.2 Å². The Morgan fingerprint density at radius 2 is 1.87 bits per heavy atom. The molecule has 4 rings (SSSR count). The number of carbonyl (C=O) groups excluding carboxylic acids is 1. The van der Waals surface area contributed by atoms with Crippen molar-refractivity contribution < 1.29 is 15.0 Å². The van der Waals surface area contributed by atoms with Gasteiger partial charge in [-0.3, -0.25) is 4.79 Å². The fraction of sp³-hybridized carbons (Fsp3) is 0.0870. The molecule has 0 saturated heterocycles. The van der Waals surface area contributed by atoms with Gasteiger partial charge in [0.15, 0.2) is 0 Å². The molecule has 1 aromatic heterocycles. The Morgan fingerprint density at radius 1 is 1.07 bits per heavy atom. The number of rotatable bonds is 5. The van der Waals surface area contributed by atoms with Crippen LogP contribution in [0.5, 0.6) is 11.5 Å². The predicted molar refractivity (Wildman–Crippen MR) is 120 cm³/mol. The lowest BCUT2D eigenvalue weighted by Gasteiger charge is -2.11. The summed E-state index contributed by atoms with van der Waals surface area (Å²) in [6, 6.07) is 18.1. The number of aromatic nitrogens is 1. The molecule has 4 aromatic rings. The average Bonchev–Trinajstić information content (AvgIpc) is 2.73. The van der Waals surface area contributed by atoms with Crippen LogP contribution in [-0.4, -0.2) is 33.1 Å². The van der Waals surface area contributed by atoms with Crippen molar-refractivity contribution in [2.75, 3.05) is 5.75 Å². The molecule has 0 aliphatic rings. The smallest absolute Gasteiger partial charge is 0.250 e. The van der Waals surface area contributed by atoms with Crippen LogP contribution in [-0.2, 0) is 4.79 Å². The molecule has 1 heterocycles. The number of hydrogen-bond acceptors (Lipinski definition) is 6. The fourth-order valence-corrected chi connectivity index (χ4v) is 4.09. The molecule has 1 amide bonds. The van der Waals surface area contributed by atoms with Crippen LogP contribution in [0.2, 0.25) is 0 Å². The number of phenols is 2. The zero-order valence-electron chi connectivity index (χ0n) is 16.2. The first-order valence-corrected chi connectivity index (χ1v) is 10.3. The molecule has 0 unspecified atom stereocenters. The summed E-state index contributed by atoms with van der Waals surface area (Å²) in [5.41, 5.74) is 5.77. The van der Waals surface area contributed by atoms with Gasteiger partial charge in [0.25, 0.3) is 0 Å². The molecule has 6 nitrogen and oxygen atoms in total. The summed E-state index contributed by atoms with van der Waals surface area (Å²) >= 11 is 1.44. The van der Waals surface area contributed by atoms with Gasteiger partial charge in [0.1, 0.15) is 11.5 Å². The Hall–Kier alpha value is -3.58. The van der Waals surface area contributed by atoms with Gasteiger partial charge in [-0.25, -0.2) is 10.4 Å². The SMILES string of the molecule is Cc1ccc2nc3ccccc3c(SCC(=O)N/N=C/c3ccc(O)cc3O)c2c1. The minimum Gasteiger partial charge on any atom is -0.508 e. The molecule has 0 bridgehead atoms. The standard InChI is InChI=1S/C23H19N3O3S/c1-14-6-9-20-18(10-14)23(17-4-2-3-5-19(17)25-20)30-13-22(29)26-24-12-15-7-8-16(27)11-21(15)28/h2-12,27-28H,13H2,1H3,(H,26,29)/b24-12+. The third kappa shape index (κ3) is 4.21. The van der Waals surface area contributed by atoms with Crippen molar-refractivity contribution in [2.24, 2.45) is 5.10 Å². The van der Waals surface area contributed by atoms with Gasteiger partial charge < -0.3 is 10.2 Å². The van der Waals surface area contributed by atoms with Crippen LogP contribution in [0, 0.1) is 6.92 Å². The minimum atomic E-state index is -0.267. The molecule has 0 spiro atoms. The zero-order valence-corrected chi connectivity index (χ0v) is 17.0. The number of phenolic OH excluding ortho intramolecular Hbond substituents is 2. The van der Waals surface area contributed by atoms with E-state index in [1.165, 1.54) is 36.2 Å². The van der Waals surface area contributed by atoms with Gasteiger partial charge >= 0.3 is 0 Å². The molecule has 0 saturated carbocycles. The van der Waals surface area contributed by atoms with Gasteiger partial charge in [-0.1, -0.05) is 29.8 Å². The largest absolute Gasteiger partial charge is 0.508 e. The van der Waals surface area contributed by atoms with Gasteiger partial charge in [0, 0.05) is 27.3 Å². The van der Waals surface area contributed by atoms with Crippen molar-refractivity contribution >= 4 is 45.7 Å². The number of carbonyl (C=O) groups is 1. The topological polar surface area (TPSA) is 94.8 Å². The number of hydrazone groups is 1. The summed E-state index contributed by atoms with van der Waals surface area (Å²) in [5, 5.41) is 25.0. The molecule has 3 aromatic carbocycles. The number of hydrogen-bond donors (Lipinski definition) is 3. The van der Waals surface area contributed by atoms with Crippen LogP contribution in [0.25, 0.3) is 21.8 Å². The number of benzene rings is 3. The van der Waals surface area contributed by atoms with E-state index >= 15 is 0 Å². The Kier molecular flexibility index (Phi) is 5.54. The van der Waals surface area contributed by atoms with Crippen LogP contribution < -0.4 is 5.43 Å². The summed E-state index contributed by atoms with van der Waals surface area (Å²) in [7, 11) is 0. The molecular weight excluding hydrogens is 398 g/mol. The second-order valence-corrected chi connectivity index (χ2v) is 7.79. The van der Waals surface area contributed by atoms with Crippen LogP contribution in [0.1, 0.15) is 11.1 Å². The van der Waals surface area contributed by atoms with Crippen LogP contribution >= 0.6 is 11.8 Å². The first kappa shape index (κ1) is 19.7. The highest BCUT2D eigenvalue weighted by molar-refractivity contribution is 8.00. The number of aryl methyl sites for hydroxylation is 1. The molecule has 0 aliphatic heterocycles. The number of amides is 1. The number of pyridine rings is 1. The molecule has 0 atom stereocenters. The Bertz CT molecular complexity index is 1290. The maximum Gasteiger partial charge on any atom is 0.250 e. The number of fused-ring (bicyclic) bond motifs is 2. The summed E-state index contributed by atoms with van der Waals surface area (Å²) in [6.45, 7) is 2.03. The van der Waals surface area contributed by atoms with Crippen LogP contribution in [0.3, 0.4) is 0 Å². The molecule has 0 fully saturated rings. The second kappa shape index (κ2) is 8.42.